The monoisotopic (exact) mass is 735 g/mol. The van der Waals surface area contributed by atoms with Crippen molar-refractivity contribution in [2.24, 2.45) is 0 Å². The molecule has 2 N–H and O–H groups in total. The molecule has 0 saturated heterocycles. The predicted molar refractivity (Wildman–Crippen MR) is 166 cm³/mol. The molecular weight excluding hydrogens is 701 g/mol. The number of pyridine rings is 1. The lowest BCUT2D eigenvalue weighted by Gasteiger charge is -2.40. The van der Waals surface area contributed by atoms with Crippen LogP contribution in [0.2, 0.25) is 0 Å². The van der Waals surface area contributed by atoms with Crippen LogP contribution in [0.3, 0.4) is 0 Å². The van der Waals surface area contributed by atoms with Crippen molar-refractivity contribution in [1.29, 1.82) is 0 Å². The van der Waals surface area contributed by atoms with E-state index in [-0.39, 0.29) is 72.5 Å². The standard InChI is InChI=1S/C34H34F9N3O5/c1-3-24-17-27(26-16-21(32(35,36)37)8-9-28(26)46(24)31(49)50-4-2)45-30-20(14-25(18-44-30)51-10-6-5-7-29(47)48)11-19-12-22(33(38,39)40)15-23(13-19)34(41,42)43/h8-9,12-16,18,24,27H,3-7,10-11,17H2,1-2H3,(H,44,45)(H,47,48)/t24-,27+/m1/s1. The van der Waals surface area contributed by atoms with Crippen LogP contribution < -0.4 is 15.0 Å². The molecule has 1 amide bonds. The van der Waals surface area contributed by atoms with E-state index in [0.29, 0.717) is 25.0 Å². The Bertz CT molecular complexity index is 1680. The zero-order valence-corrected chi connectivity index (χ0v) is 27.3. The van der Waals surface area contributed by atoms with Crippen molar-refractivity contribution in [3.63, 3.8) is 0 Å². The van der Waals surface area contributed by atoms with Crippen LogP contribution in [0.1, 0.15) is 85.4 Å². The number of fused-ring (bicyclic) bond motifs is 1. The number of carbonyl (C=O) groups is 2. The molecule has 2 heterocycles. The molecule has 0 saturated carbocycles. The van der Waals surface area contributed by atoms with Crippen molar-refractivity contribution in [3.8, 4) is 5.75 Å². The molecule has 1 aliphatic rings. The zero-order valence-electron chi connectivity index (χ0n) is 27.3. The maximum Gasteiger partial charge on any atom is 0.416 e. The number of carboxylic acid groups (broad SMARTS) is 1. The lowest BCUT2D eigenvalue weighted by molar-refractivity contribution is -0.143. The number of hydrogen-bond acceptors (Lipinski definition) is 6. The molecule has 0 spiro atoms. The van der Waals surface area contributed by atoms with Crippen LogP contribution in [0, 0.1) is 0 Å². The van der Waals surface area contributed by atoms with Gasteiger partial charge in [0.15, 0.2) is 0 Å². The zero-order chi connectivity index (χ0) is 37.7. The molecule has 0 fully saturated rings. The van der Waals surface area contributed by atoms with Gasteiger partial charge in [-0.25, -0.2) is 9.78 Å². The minimum atomic E-state index is -5.11. The van der Waals surface area contributed by atoms with Crippen molar-refractivity contribution in [1.82, 2.24) is 4.98 Å². The average Bonchev–Trinajstić information content (AvgIpc) is 3.03. The Morgan fingerprint density at radius 2 is 1.55 bits per heavy atom. The van der Waals surface area contributed by atoms with Gasteiger partial charge in [0.05, 0.1) is 47.8 Å². The number of ether oxygens (including phenoxy) is 2. The van der Waals surface area contributed by atoms with Crippen molar-refractivity contribution >= 4 is 23.6 Å². The highest BCUT2D eigenvalue weighted by molar-refractivity contribution is 5.90. The topological polar surface area (TPSA) is 101 Å². The second kappa shape index (κ2) is 15.7. The van der Waals surface area contributed by atoms with Gasteiger partial charge in [-0.3, -0.25) is 9.69 Å². The van der Waals surface area contributed by atoms with E-state index < -0.39 is 65.8 Å². The molecule has 2 atom stereocenters. The van der Waals surface area contributed by atoms with Crippen LogP contribution in [-0.2, 0) is 34.5 Å². The van der Waals surface area contributed by atoms with Gasteiger partial charge in [-0.05, 0) is 86.2 Å². The smallest absolute Gasteiger partial charge is 0.416 e. The maximum absolute atomic E-state index is 13.9. The molecule has 0 unspecified atom stereocenters. The largest absolute Gasteiger partial charge is 0.492 e. The molecule has 51 heavy (non-hydrogen) atoms. The van der Waals surface area contributed by atoms with Crippen LogP contribution in [0.15, 0.2) is 48.7 Å². The number of halogens is 9. The fourth-order valence-electron chi connectivity index (χ4n) is 5.76. The number of aromatic nitrogens is 1. The van der Waals surface area contributed by atoms with Crippen LogP contribution >= 0.6 is 0 Å². The number of benzene rings is 2. The summed E-state index contributed by atoms with van der Waals surface area (Å²) in [7, 11) is 0. The molecule has 278 valence electrons. The van der Waals surface area contributed by atoms with Crippen molar-refractivity contribution in [3.05, 3.63) is 82.0 Å². The normalized spacial score (nSPS) is 16.4. The Labute approximate surface area is 286 Å². The number of carbonyl (C=O) groups excluding carboxylic acids is 1. The summed E-state index contributed by atoms with van der Waals surface area (Å²) in [5.74, 6) is -1.01. The summed E-state index contributed by atoms with van der Waals surface area (Å²) in [6.45, 7) is 3.33. The van der Waals surface area contributed by atoms with E-state index in [1.807, 2.05) is 0 Å². The van der Waals surface area contributed by atoms with E-state index in [1.165, 1.54) is 17.2 Å². The predicted octanol–water partition coefficient (Wildman–Crippen LogP) is 9.66. The average molecular weight is 736 g/mol. The summed E-state index contributed by atoms with van der Waals surface area (Å²) in [4.78, 5) is 29.4. The summed E-state index contributed by atoms with van der Waals surface area (Å²) in [6, 6.07) is 3.73. The van der Waals surface area contributed by atoms with Gasteiger partial charge in [-0.2, -0.15) is 39.5 Å². The van der Waals surface area contributed by atoms with Gasteiger partial charge in [0, 0.05) is 24.4 Å². The van der Waals surface area contributed by atoms with Crippen LogP contribution in [0.4, 0.5) is 55.8 Å². The third-order valence-electron chi connectivity index (χ3n) is 8.15. The van der Waals surface area contributed by atoms with E-state index in [2.05, 4.69) is 10.3 Å². The van der Waals surface area contributed by atoms with Gasteiger partial charge in [0.2, 0.25) is 0 Å². The highest BCUT2D eigenvalue weighted by Crippen LogP contribution is 2.44. The van der Waals surface area contributed by atoms with Gasteiger partial charge in [0.25, 0.3) is 0 Å². The van der Waals surface area contributed by atoms with Gasteiger partial charge in [-0.15, -0.1) is 0 Å². The minimum Gasteiger partial charge on any atom is -0.492 e. The van der Waals surface area contributed by atoms with E-state index in [1.54, 1.807) is 13.8 Å². The number of alkyl halides is 9. The molecule has 2 aromatic carbocycles. The number of anilines is 2. The molecule has 8 nitrogen and oxygen atoms in total. The summed E-state index contributed by atoms with van der Waals surface area (Å²) in [5, 5.41) is 11.9. The van der Waals surface area contributed by atoms with Crippen molar-refractivity contribution < 1.29 is 63.7 Å². The quantitative estimate of drug-likeness (QED) is 0.141. The first-order valence-electron chi connectivity index (χ1n) is 15.9. The Morgan fingerprint density at radius 3 is 2.12 bits per heavy atom. The third-order valence-corrected chi connectivity index (χ3v) is 8.15. The first kappa shape index (κ1) is 39.1. The molecular formula is C34H34F9N3O5. The summed E-state index contributed by atoms with van der Waals surface area (Å²) in [5.41, 5.74) is -4.27. The summed E-state index contributed by atoms with van der Waals surface area (Å²) < 4.78 is 134. The van der Waals surface area contributed by atoms with Crippen LogP contribution in [0.5, 0.6) is 5.75 Å². The minimum absolute atomic E-state index is 0.00371. The molecule has 17 heteroatoms. The second-order valence-corrected chi connectivity index (χ2v) is 11.8. The number of rotatable bonds is 12. The first-order valence-corrected chi connectivity index (χ1v) is 15.9. The number of carboxylic acids is 1. The number of aliphatic carboxylic acids is 1. The Kier molecular flexibility index (Phi) is 12.0. The van der Waals surface area contributed by atoms with E-state index in [9.17, 15) is 49.1 Å². The fourth-order valence-corrected chi connectivity index (χ4v) is 5.76. The van der Waals surface area contributed by atoms with Gasteiger partial charge in [0.1, 0.15) is 11.6 Å². The maximum atomic E-state index is 13.9. The highest BCUT2D eigenvalue weighted by Gasteiger charge is 2.40. The number of hydrogen-bond donors (Lipinski definition) is 2. The Morgan fingerprint density at radius 1 is 0.902 bits per heavy atom. The lowest BCUT2D eigenvalue weighted by atomic mass is 9.88. The molecule has 1 aliphatic heterocycles. The number of amides is 1. The molecule has 0 radical (unpaired) electrons. The van der Waals surface area contributed by atoms with E-state index >= 15 is 0 Å². The summed E-state index contributed by atoms with van der Waals surface area (Å²) in [6.07, 6.45) is -14.3. The number of unbranched alkanes of at least 4 members (excludes halogenated alkanes) is 1. The third kappa shape index (κ3) is 9.97. The van der Waals surface area contributed by atoms with Crippen LogP contribution in [0.25, 0.3) is 0 Å². The van der Waals surface area contributed by atoms with E-state index in [4.69, 9.17) is 14.6 Å². The number of nitrogens with zero attached hydrogens (tertiary/aromatic N) is 2. The molecule has 1 aromatic heterocycles. The fraction of sp³-hybridized carbons (Fsp3) is 0.441. The van der Waals surface area contributed by atoms with Crippen LogP contribution in [-0.4, -0.2) is 41.4 Å². The molecule has 4 rings (SSSR count). The van der Waals surface area contributed by atoms with E-state index in [0.717, 1.165) is 18.2 Å². The summed E-state index contributed by atoms with van der Waals surface area (Å²) >= 11 is 0. The van der Waals surface area contributed by atoms with Gasteiger partial charge < -0.3 is 19.9 Å². The second-order valence-electron chi connectivity index (χ2n) is 11.8. The highest BCUT2D eigenvalue weighted by atomic mass is 19.4. The van der Waals surface area contributed by atoms with Gasteiger partial charge >= 0.3 is 30.6 Å². The molecule has 0 bridgehead atoms. The number of nitrogens with one attached hydrogen (secondary N) is 1. The SMILES string of the molecule is CCOC(=O)N1c2ccc(C(F)(F)F)cc2[C@@H](Nc2ncc(OCCCCC(=O)O)cc2Cc2cc(C(F)(F)F)cc(C(F)(F)F)c2)C[C@H]1CC. The van der Waals surface area contributed by atoms with Crippen molar-refractivity contribution in [2.45, 2.75) is 83.0 Å². The van der Waals surface area contributed by atoms with Crippen molar-refractivity contribution in [2.75, 3.05) is 23.4 Å². The van der Waals surface area contributed by atoms with Gasteiger partial charge in [-0.1, -0.05) is 6.92 Å². The molecule has 0 aliphatic carbocycles. The molecule has 3 aromatic rings. The Balaban J connectivity index is 1.80. The Hall–Kier alpha value is -4.70. The first-order chi connectivity index (χ1) is 23.8. The lowest BCUT2D eigenvalue weighted by Crippen LogP contribution is -2.46.